The van der Waals surface area contributed by atoms with Crippen LogP contribution >= 0.6 is 11.3 Å². The minimum Gasteiger partial charge on any atom is -0.320 e. The van der Waals surface area contributed by atoms with Crippen LogP contribution in [0.2, 0.25) is 0 Å². The number of nitrogens with zero attached hydrogens (tertiary/aromatic N) is 3. The Bertz CT molecular complexity index is 509. The molecule has 2 rings (SSSR count). The summed E-state index contributed by atoms with van der Waals surface area (Å²) in [6.07, 6.45) is 0. The molecule has 0 bridgehead atoms. The smallest absolute Gasteiger partial charge is 0.227 e. The zero-order valence-corrected chi connectivity index (χ0v) is 8.95. The van der Waals surface area contributed by atoms with E-state index in [1.807, 2.05) is 35.9 Å². The Morgan fingerprint density at radius 3 is 2.71 bits per heavy atom. The van der Waals surface area contributed by atoms with Crippen molar-refractivity contribution in [1.29, 1.82) is 0 Å². The van der Waals surface area contributed by atoms with Crippen molar-refractivity contribution in [1.82, 2.24) is 4.68 Å². The van der Waals surface area contributed by atoms with Crippen LogP contribution in [0.3, 0.4) is 0 Å². The van der Waals surface area contributed by atoms with Crippen molar-refractivity contribution in [3.63, 3.8) is 0 Å². The van der Waals surface area contributed by atoms with Gasteiger partial charge in [0.2, 0.25) is 4.80 Å². The molecule has 0 spiro atoms. The molecule has 1 aromatic carbocycles. The van der Waals surface area contributed by atoms with E-state index < -0.39 is 0 Å². The highest BCUT2D eigenvalue weighted by atomic mass is 32.1. The maximum Gasteiger partial charge on any atom is 0.227 e. The van der Waals surface area contributed by atoms with Crippen LogP contribution in [-0.2, 0) is 0 Å². The van der Waals surface area contributed by atoms with Gasteiger partial charge < -0.3 is 10.9 Å². The Kier molecular flexibility index (Phi) is 2.17. The molecule has 14 heavy (non-hydrogen) atoms. The van der Waals surface area contributed by atoms with Crippen LogP contribution < -0.4 is 15.7 Å². The third-order valence-corrected chi connectivity index (χ3v) is 3.01. The van der Waals surface area contributed by atoms with Crippen LogP contribution in [0.15, 0.2) is 29.4 Å². The molecule has 2 N–H and O–H groups in total. The highest BCUT2D eigenvalue weighted by Gasteiger charge is 2.05. The molecule has 1 heterocycles. The number of nitrogens with two attached hydrogens (primary N) is 1. The fourth-order valence-electron chi connectivity index (χ4n) is 1.43. The summed E-state index contributed by atoms with van der Waals surface area (Å²) in [5, 5.41) is 5.73. The highest BCUT2D eigenvalue weighted by molar-refractivity contribution is 7.16. The maximum atomic E-state index is 5.34. The summed E-state index contributed by atoms with van der Waals surface area (Å²) >= 11 is 1.58. The summed E-state index contributed by atoms with van der Waals surface area (Å²) in [7, 11) is 3.93. The number of hydrogen-bond donors (Lipinski definition) is 1. The molecule has 4 nitrogen and oxygen atoms in total. The molecule has 74 valence electrons. The fraction of sp³-hybridized carbons (Fsp3) is 0.222. The molecule has 0 aliphatic heterocycles. The van der Waals surface area contributed by atoms with Crippen LogP contribution in [0, 0.1) is 0 Å². The summed E-state index contributed by atoms with van der Waals surface area (Å²) < 4.78 is 3.17. The second-order valence-electron chi connectivity index (χ2n) is 3.14. The summed E-state index contributed by atoms with van der Waals surface area (Å²) in [4.78, 5) is 0.802. The van der Waals surface area contributed by atoms with Crippen molar-refractivity contribution in [2.24, 2.45) is 10.9 Å². The minimum absolute atomic E-state index is 0.802. The topological polar surface area (TPSA) is 46.5 Å². The molecule has 0 atom stereocenters. The van der Waals surface area contributed by atoms with Crippen molar-refractivity contribution in [2.45, 2.75) is 0 Å². The minimum atomic E-state index is 0.802. The van der Waals surface area contributed by atoms with Crippen molar-refractivity contribution < 1.29 is 0 Å². The van der Waals surface area contributed by atoms with Crippen LogP contribution in [0.25, 0.3) is 10.2 Å². The van der Waals surface area contributed by atoms with E-state index >= 15 is 0 Å². The van der Waals surface area contributed by atoms with Gasteiger partial charge in [0.05, 0.1) is 10.2 Å². The lowest BCUT2D eigenvalue weighted by atomic mass is 10.3. The quantitative estimate of drug-likeness (QED) is 0.553. The Morgan fingerprint density at radius 2 is 2.07 bits per heavy atom. The molecule has 2 aromatic rings. The lowest BCUT2D eigenvalue weighted by Gasteiger charge is -2.14. The Hall–Kier alpha value is -1.49. The zero-order valence-electron chi connectivity index (χ0n) is 8.14. The van der Waals surface area contributed by atoms with Gasteiger partial charge in [-0.2, -0.15) is 5.10 Å². The van der Waals surface area contributed by atoms with Gasteiger partial charge in [0.1, 0.15) is 0 Å². The first kappa shape index (κ1) is 9.08. The van der Waals surface area contributed by atoms with Gasteiger partial charge in [-0.15, -0.1) is 0 Å². The monoisotopic (exact) mass is 208 g/mol. The Balaban J connectivity index is 2.89. The fourth-order valence-corrected chi connectivity index (χ4v) is 2.43. The molecule has 1 aromatic heterocycles. The molecule has 0 aliphatic carbocycles. The number of benzene rings is 1. The normalized spacial score (nSPS) is 12.3. The molecular formula is C9H12N4S. The molecule has 0 radical (unpaired) electrons. The first-order valence-corrected chi connectivity index (χ1v) is 5.08. The number of thiazole rings is 1. The lowest BCUT2D eigenvalue weighted by molar-refractivity contribution is 0.727. The molecule has 0 aliphatic rings. The Labute approximate surface area is 85.8 Å². The van der Waals surface area contributed by atoms with Crippen LogP contribution in [0.4, 0.5) is 0 Å². The van der Waals surface area contributed by atoms with E-state index in [0.29, 0.717) is 0 Å². The predicted molar refractivity (Wildman–Crippen MR) is 59.6 cm³/mol. The van der Waals surface area contributed by atoms with Crippen molar-refractivity contribution in [3.8, 4) is 0 Å². The van der Waals surface area contributed by atoms with E-state index in [0.717, 1.165) is 10.3 Å². The summed E-state index contributed by atoms with van der Waals surface area (Å²) in [6.45, 7) is 0. The molecule has 0 amide bonds. The standard InChI is InChI=1S/C9H12N4S/c1-12(2)13-7-5-3-4-6-8(7)14-9(13)11-10/h3-6H,10H2,1-2H3/b11-9-. The number of rotatable bonds is 1. The van der Waals surface area contributed by atoms with E-state index in [4.69, 9.17) is 5.84 Å². The van der Waals surface area contributed by atoms with Crippen molar-refractivity contribution >= 4 is 21.6 Å². The van der Waals surface area contributed by atoms with Gasteiger partial charge in [-0.05, 0) is 12.1 Å². The van der Waals surface area contributed by atoms with Gasteiger partial charge >= 0.3 is 0 Å². The number of hydrogen-bond acceptors (Lipinski definition) is 4. The number of fused-ring (bicyclic) bond motifs is 1. The van der Waals surface area contributed by atoms with Crippen molar-refractivity contribution in [3.05, 3.63) is 29.1 Å². The second kappa shape index (κ2) is 3.34. The largest absolute Gasteiger partial charge is 0.320 e. The molecule has 0 saturated heterocycles. The van der Waals surface area contributed by atoms with Gasteiger partial charge in [-0.3, -0.25) is 0 Å². The molecule has 0 saturated carbocycles. The van der Waals surface area contributed by atoms with E-state index in [9.17, 15) is 0 Å². The molecule has 0 fully saturated rings. The van der Waals surface area contributed by atoms with E-state index in [-0.39, 0.29) is 0 Å². The zero-order chi connectivity index (χ0) is 10.1. The third-order valence-electron chi connectivity index (χ3n) is 1.99. The van der Waals surface area contributed by atoms with Gasteiger partial charge in [0, 0.05) is 14.1 Å². The van der Waals surface area contributed by atoms with Gasteiger partial charge in [0.25, 0.3) is 0 Å². The summed E-state index contributed by atoms with van der Waals surface area (Å²) in [5.41, 5.74) is 1.13. The number of para-hydroxylation sites is 1. The van der Waals surface area contributed by atoms with E-state index in [1.165, 1.54) is 4.70 Å². The maximum absolute atomic E-state index is 5.34. The molecule has 0 unspecified atom stereocenters. The summed E-state index contributed by atoms with van der Waals surface area (Å²) in [6, 6.07) is 8.14. The van der Waals surface area contributed by atoms with Gasteiger partial charge in [0.15, 0.2) is 0 Å². The van der Waals surface area contributed by atoms with E-state index in [1.54, 1.807) is 11.3 Å². The highest BCUT2D eigenvalue weighted by Crippen LogP contribution is 2.15. The van der Waals surface area contributed by atoms with Gasteiger partial charge in [-0.25, -0.2) is 4.68 Å². The Morgan fingerprint density at radius 1 is 1.36 bits per heavy atom. The average molecular weight is 208 g/mol. The van der Waals surface area contributed by atoms with Gasteiger partial charge in [-0.1, -0.05) is 23.5 Å². The lowest BCUT2D eigenvalue weighted by Crippen LogP contribution is -2.33. The SMILES string of the molecule is CN(C)n1/c(=N/N)sc2ccccc21. The number of aromatic nitrogens is 1. The third kappa shape index (κ3) is 1.26. The van der Waals surface area contributed by atoms with Crippen LogP contribution in [0.5, 0.6) is 0 Å². The van der Waals surface area contributed by atoms with Crippen LogP contribution in [0.1, 0.15) is 0 Å². The summed E-state index contributed by atoms with van der Waals surface area (Å²) in [5.74, 6) is 5.34. The first-order valence-electron chi connectivity index (χ1n) is 4.26. The molecular weight excluding hydrogens is 196 g/mol. The van der Waals surface area contributed by atoms with Crippen molar-refractivity contribution in [2.75, 3.05) is 19.1 Å². The first-order chi connectivity index (χ1) is 6.74. The average Bonchev–Trinajstić information content (AvgIpc) is 2.55. The second-order valence-corrected chi connectivity index (χ2v) is 4.15. The van der Waals surface area contributed by atoms with Crippen LogP contribution in [-0.4, -0.2) is 18.8 Å². The van der Waals surface area contributed by atoms with E-state index in [2.05, 4.69) is 17.2 Å². The predicted octanol–water partition coefficient (Wildman–Crippen LogP) is 0.675. The molecule has 5 heteroatoms.